The zero-order valence-electron chi connectivity index (χ0n) is 8.16. The first-order chi connectivity index (χ1) is 6.13. The van der Waals surface area contributed by atoms with E-state index in [2.05, 4.69) is 26.0 Å². The molecule has 1 nitrogen and oxygen atoms in total. The van der Waals surface area contributed by atoms with Crippen LogP contribution in [-0.4, -0.2) is 5.25 Å². The Morgan fingerprint density at radius 2 is 2.08 bits per heavy atom. The number of hydrogen-bond donors (Lipinski definition) is 0. The maximum Gasteiger partial charge on any atom is 0.0994 e. The van der Waals surface area contributed by atoms with Crippen LogP contribution in [-0.2, 0) is 0 Å². The molecule has 0 fully saturated rings. The summed E-state index contributed by atoms with van der Waals surface area (Å²) in [5, 5.41) is 9.32. The smallest absolute Gasteiger partial charge is 0.0994 e. The van der Waals surface area contributed by atoms with Crippen LogP contribution in [0.3, 0.4) is 0 Å². The van der Waals surface area contributed by atoms with Crippen LogP contribution in [0.1, 0.15) is 25.0 Å². The summed E-state index contributed by atoms with van der Waals surface area (Å²) in [6, 6.07) is 8.14. The van der Waals surface area contributed by atoms with Crippen LogP contribution in [0.2, 0.25) is 0 Å². The molecule has 0 amide bonds. The van der Waals surface area contributed by atoms with Gasteiger partial charge in [-0.25, -0.2) is 0 Å². The van der Waals surface area contributed by atoms with Crippen LogP contribution in [0, 0.1) is 18.3 Å². The van der Waals surface area contributed by atoms with Crippen molar-refractivity contribution >= 4 is 11.8 Å². The summed E-state index contributed by atoms with van der Waals surface area (Å²) in [7, 11) is 0. The van der Waals surface area contributed by atoms with E-state index in [4.69, 9.17) is 5.26 Å². The van der Waals surface area contributed by atoms with Gasteiger partial charge in [-0.05, 0) is 30.7 Å². The van der Waals surface area contributed by atoms with E-state index in [0.29, 0.717) is 5.25 Å². The average Bonchev–Trinajstić information content (AvgIpc) is 2.03. The lowest BCUT2D eigenvalue weighted by Gasteiger charge is -2.05. The molecule has 0 radical (unpaired) electrons. The molecule has 0 atom stereocenters. The second-order valence-corrected chi connectivity index (χ2v) is 4.91. The molecule has 0 saturated heterocycles. The Morgan fingerprint density at radius 3 is 2.54 bits per heavy atom. The Labute approximate surface area is 83.8 Å². The molecule has 0 N–H and O–H groups in total. The summed E-state index contributed by atoms with van der Waals surface area (Å²) in [5.74, 6) is 0. The molecule has 0 unspecified atom stereocenters. The Balaban J connectivity index is 2.91. The van der Waals surface area contributed by atoms with Crippen LogP contribution >= 0.6 is 11.8 Å². The van der Waals surface area contributed by atoms with Crippen molar-refractivity contribution in [3.63, 3.8) is 0 Å². The second-order valence-electron chi connectivity index (χ2n) is 3.26. The zero-order valence-corrected chi connectivity index (χ0v) is 8.98. The highest BCUT2D eigenvalue weighted by Crippen LogP contribution is 2.24. The molecule has 68 valence electrons. The average molecular weight is 191 g/mol. The van der Waals surface area contributed by atoms with Crippen molar-refractivity contribution in [2.45, 2.75) is 30.9 Å². The van der Waals surface area contributed by atoms with Gasteiger partial charge in [-0.2, -0.15) is 5.26 Å². The number of nitriles is 1. The lowest BCUT2D eigenvalue weighted by atomic mass is 10.1. The third kappa shape index (κ3) is 2.78. The SMILES string of the molecule is Cc1cc(SC(C)C)ccc1C#N. The van der Waals surface area contributed by atoms with Gasteiger partial charge in [0.15, 0.2) is 0 Å². The quantitative estimate of drug-likeness (QED) is 0.669. The molecular formula is C11H13NS. The maximum absolute atomic E-state index is 8.73. The first kappa shape index (κ1) is 10.1. The van der Waals surface area contributed by atoms with E-state index in [1.807, 2.05) is 30.8 Å². The van der Waals surface area contributed by atoms with Gasteiger partial charge in [0.1, 0.15) is 0 Å². The van der Waals surface area contributed by atoms with Crippen molar-refractivity contribution in [2.75, 3.05) is 0 Å². The zero-order chi connectivity index (χ0) is 9.84. The van der Waals surface area contributed by atoms with Gasteiger partial charge in [0.2, 0.25) is 0 Å². The van der Waals surface area contributed by atoms with Gasteiger partial charge in [-0.1, -0.05) is 13.8 Å². The molecule has 0 aromatic heterocycles. The van der Waals surface area contributed by atoms with Crippen LogP contribution in [0.4, 0.5) is 0 Å². The molecular weight excluding hydrogens is 178 g/mol. The van der Waals surface area contributed by atoms with Crippen LogP contribution in [0.5, 0.6) is 0 Å². The Morgan fingerprint density at radius 1 is 1.38 bits per heavy atom. The van der Waals surface area contributed by atoms with E-state index in [1.165, 1.54) is 4.90 Å². The second kappa shape index (κ2) is 4.34. The fourth-order valence-corrected chi connectivity index (χ4v) is 2.04. The van der Waals surface area contributed by atoms with Gasteiger partial charge >= 0.3 is 0 Å². The van der Waals surface area contributed by atoms with E-state index in [0.717, 1.165) is 11.1 Å². The third-order valence-corrected chi connectivity index (χ3v) is 2.69. The molecule has 13 heavy (non-hydrogen) atoms. The van der Waals surface area contributed by atoms with Crippen molar-refractivity contribution in [2.24, 2.45) is 0 Å². The summed E-state index contributed by atoms with van der Waals surface area (Å²) in [5.41, 5.74) is 1.83. The van der Waals surface area contributed by atoms with Gasteiger partial charge in [-0.15, -0.1) is 11.8 Å². The van der Waals surface area contributed by atoms with Gasteiger partial charge in [0.05, 0.1) is 11.6 Å². The Kier molecular flexibility index (Phi) is 3.39. The Hall–Kier alpha value is -0.940. The standard InChI is InChI=1S/C11H13NS/c1-8(2)13-11-5-4-10(7-12)9(3)6-11/h4-6,8H,1-3H3. The first-order valence-electron chi connectivity index (χ1n) is 4.31. The third-order valence-electron chi connectivity index (χ3n) is 1.69. The predicted octanol–water partition coefficient (Wildman–Crippen LogP) is 3.37. The van der Waals surface area contributed by atoms with Crippen LogP contribution in [0.15, 0.2) is 23.1 Å². The number of rotatable bonds is 2. The minimum Gasteiger partial charge on any atom is -0.192 e. The molecule has 0 aliphatic carbocycles. The lowest BCUT2D eigenvalue weighted by molar-refractivity contribution is 1.11. The number of thioether (sulfide) groups is 1. The van der Waals surface area contributed by atoms with E-state index in [-0.39, 0.29) is 0 Å². The van der Waals surface area contributed by atoms with Gasteiger partial charge in [-0.3, -0.25) is 0 Å². The molecule has 1 aromatic carbocycles. The van der Waals surface area contributed by atoms with Crippen LogP contribution < -0.4 is 0 Å². The van der Waals surface area contributed by atoms with E-state index < -0.39 is 0 Å². The molecule has 2 heteroatoms. The highest BCUT2D eigenvalue weighted by atomic mass is 32.2. The summed E-state index contributed by atoms with van der Waals surface area (Å²) < 4.78 is 0. The summed E-state index contributed by atoms with van der Waals surface area (Å²) in [6.07, 6.45) is 0. The van der Waals surface area contributed by atoms with Crippen molar-refractivity contribution in [3.05, 3.63) is 29.3 Å². The molecule has 0 saturated carbocycles. The molecule has 1 aromatic rings. The molecule has 0 heterocycles. The highest BCUT2D eigenvalue weighted by molar-refractivity contribution is 7.99. The van der Waals surface area contributed by atoms with Crippen LogP contribution in [0.25, 0.3) is 0 Å². The fraction of sp³-hybridized carbons (Fsp3) is 0.364. The van der Waals surface area contributed by atoms with Crippen molar-refractivity contribution < 1.29 is 0 Å². The number of nitrogens with zero attached hydrogens (tertiary/aromatic N) is 1. The number of benzene rings is 1. The van der Waals surface area contributed by atoms with E-state index in [9.17, 15) is 0 Å². The molecule has 0 aliphatic heterocycles. The molecule has 0 spiro atoms. The molecule has 1 rings (SSSR count). The van der Waals surface area contributed by atoms with E-state index >= 15 is 0 Å². The maximum atomic E-state index is 8.73. The minimum atomic E-state index is 0.590. The molecule has 0 bridgehead atoms. The first-order valence-corrected chi connectivity index (χ1v) is 5.19. The highest BCUT2D eigenvalue weighted by Gasteiger charge is 2.01. The minimum absolute atomic E-state index is 0.590. The fourth-order valence-electron chi connectivity index (χ4n) is 1.11. The van der Waals surface area contributed by atoms with Gasteiger partial charge < -0.3 is 0 Å². The summed E-state index contributed by atoms with van der Waals surface area (Å²) in [6.45, 7) is 6.30. The van der Waals surface area contributed by atoms with E-state index in [1.54, 1.807) is 0 Å². The predicted molar refractivity (Wildman–Crippen MR) is 56.9 cm³/mol. The van der Waals surface area contributed by atoms with Crippen molar-refractivity contribution in [1.29, 1.82) is 5.26 Å². The van der Waals surface area contributed by atoms with Gasteiger partial charge in [0.25, 0.3) is 0 Å². The van der Waals surface area contributed by atoms with Gasteiger partial charge in [0, 0.05) is 10.1 Å². The molecule has 0 aliphatic rings. The van der Waals surface area contributed by atoms with Crippen molar-refractivity contribution in [1.82, 2.24) is 0 Å². The number of aryl methyl sites for hydroxylation is 1. The normalized spacial score (nSPS) is 10.1. The number of hydrogen-bond acceptors (Lipinski definition) is 2. The largest absolute Gasteiger partial charge is 0.192 e. The Bertz CT molecular complexity index is 336. The van der Waals surface area contributed by atoms with Crippen molar-refractivity contribution in [3.8, 4) is 6.07 Å². The monoisotopic (exact) mass is 191 g/mol. The topological polar surface area (TPSA) is 23.8 Å². The summed E-state index contributed by atoms with van der Waals surface area (Å²) >= 11 is 1.82. The lowest BCUT2D eigenvalue weighted by Crippen LogP contribution is -1.88. The summed E-state index contributed by atoms with van der Waals surface area (Å²) in [4.78, 5) is 1.24.